The Bertz CT molecular complexity index is 394. The maximum atomic E-state index is 11.6. The second-order valence-electron chi connectivity index (χ2n) is 5.84. The van der Waals surface area contributed by atoms with Gasteiger partial charge < -0.3 is 23.7 Å². The van der Waals surface area contributed by atoms with Gasteiger partial charge in [0.2, 0.25) is 0 Å². The zero-order valence-corrected chi connectivity index (χ0v) is 13.0. The molecule has 0 bridgehead atoms. The molecule has 6 nitrogen and oxygen atoms in total. The van der Waals surface area contributed by atoms with Gasteiger partial charge in [0.15, 0.2) is 12.4 Å². The van der Waals surface area contributed by atoms with Crippen LogP contribution >= 0.6 is 0 Å². The molecule has 0 amide bonds. The number of hydrogen-bond donors (Lipinski definition) is 0. The topological polar surface area (TPSA) is 63.2 Å². The Hall–Kier alpha value is -0.950. The molecule has 0 spiro atoms. The minimum Gasteiger partial charge on any atom is -0.454 e. The average molecular weight is 300 g/mol. The van der Waals surface area contributed by atoms with Crippen LogP contribution in [-0.2, 0) is 28.5 Å². The van der Waals surface area contributed by atoms with E-state index in [1.54, 1.807) is 14.0 Å². The zero-order chi connectivity index (χ0) is 15.6. The largest absolute Gasteiger partial charge is 0.454 e. The highest BCUT2D eigenvalue weighted by Gasteiger charge is 2.50. The van der Waals surface area contributed by atoms with Gasteiger partial charge in [-0.2, -0.15) is 0 Å². The summed E-state index contributed by atoms with van der Waals surface area (Å²) in [5.41, 5.74) is 0.364. The van der Waals surface area contributed by atoms with Crippen molar-refractivity contribution in [2.24, 2.45) is 5.92 Å². The molecule has 6 heteroatoms. The van der Waals surface area contributed by atoms with Gasteiger partial charge in [-0.1, -0.05) is 20.4 Å². The van der Waals surface area contributed by atoms with Gasteiger partial charge in [-0.05, 0) is 6.92 Å². The van der Waals surface area contributed by atoms with E-state index in [1.165, 1.54) is 0 Å². The van der Waals surface area contributed by atoms with E-state index >= 15 is 0 Å². The highest BCUT2D eigenvalue weighted by atomic mass is 16.7. The van der Waals surface area contributed by atoms with Crippen LogP contribution in [0, 0.1) is 5.92 Å². The molecular weight excluding hydrogens is 276 g/mol. The van der Waals surface area contributed by atoms with E-state index in [4.69, 9.17) is 23.7 Å². The van der Waals surface area contributed by atoms with E-state index < -0.39 is 12.1 Å². The number of carbonyl (C=O) groups excluding carboxylic acids is 1. The Morgan fingerprint density at radius 2 is 1.76 bits per heavy atom. The molecule has 0 saturated carbocycles. The Balaban J connectivity index is 1.92. The molecule has 5 atom stereocenters. The number of fused-ring (bicyclic) bond motifs is 1. The van der Waals surface area contributed by atoms with E-state index in [1.807, 2.05) is 13.8 Å². The quantitative estimate of drug-likeness (QED) is 0.418. The third kappa shape index (κ3) is 3.63. The molecule has 2 rings (SSSR count). The van der Waals surface area contributed by atoms with E-state index in [9.17, 15) is 4.79 Å². The molecule has 2 aliphatic rings. The van der Waals surface area contributed by atoms with Crippen molar-refractivity contribution in [1.29, 1.82) is 0 Å². The minimum absolute atomic E-state index is 0.212. The molecule has 0 aromatic heterocycles. The van der Waals surface area contributed by atoms with Gasteiger partial charge in [0.1, 0.15) is 18.3 Å². The van der Waals surface area contributed by atoms with Crippen molar-refractivity contribution in [2.75, 3.05) is 20.3 Å². The molecule has 2 saturated heterocycles. The number of rotatable bonds is 6. The lowest BCUT2D eigenvalue weighted by Gasteiger charge is -2.25. The number of methoxy groups -OCH3 is 1. The molecule has 0 aliphatic carbocycles. The van der Waals surface area contributed by atoms with Crippen molar-refractivity contribution in [3.05, 3.63) is 12.2 Å². The molecular formula is C15H24O6. The highest BCUT2D eigenvalue weighted by Crippen LogP contribution is 2.32. The minimum atomic E-state index is -0.422. The summed E-state index contributed by atoms with van der Waals surface area (Å²) in [7, 11) is 1.62. The number of esters is 1. The molecule has 0 N–H and O–H groups in total. The van der Waals surface area contributed by atoms with Crippen LogP contribution < -0.4 is 0 Å². The number of hydrogen-bond acceptors (Lipinski definition) is 6. The summed E-state index contributed by atoms with van der Waals surface area (Å²) >= 11 is 0. The van der Waals surface area contributed by atoms with Crippen molar-refractivity contribution < 1.29 is 28.5 Å². The van der Waals surface area contributed by atoms with E-state index in [0.717, 1.165) is 0 Å². The Morgan fingerprint density at radius 3 is 2.29 bits per heavy atom. The lowest BCUT2D eigenvalue weighted by molar-refractivity contribution is -0.193. The first kappa shape index (κ1) is 16.4. The van der Waals surface area contributed by atoms with E-state index in [2.05, 4.69) is 6.58 Å². The fourth-order valence-electron chi connectivity index (χ4n) is 2.54. The van der Waals surface area contributed by atoms with Crippen LogP contribution in [0.25, 0.3) is 0 Å². The molecule has 2 heterocycles. The molecule has 120 valence electrons. The van der Waals surface area contributed by atoms with Gasteiger partial charge in [0.25, 0.3) is 0 Å². The normalized spacial score (nSPS) is 33.0. The molecule has 0 aromatic carbocycles. The standard InChI is InChI=1S/C15H24O6/c1-8(2)14(16)20-10-6-18-13-11(7-19-12(10)13)21-15(17-5)9(3)4/h9-13,15H,1,6-7H2,2-5H3. The van der Waals surface area contributed by atoms with Gasteiger partial charge in [-0.15, -0.1) is 0 Å². The van der Waals surface area contributed by atoms with Crippen LogP contribution in [-0.4, -0.2) is 57.0 Å². The van der Waals surface area contributed by atoms with Gasteiger partial charge >= 0.3 is 5.97 Å². The summed E-state index contributed by atoms with van der Waals surface area (Å²) in [6, 6.07) is 0. The summed E-state index contributed by atoms with van der Waals surface area (Å²) in [6.45, 7) is 9.95. The molecule has 0 aromatic rings. The Labute approximate surface area is 125 Å². The van der Waals surface area contributed by atoms with Gasteiger partial charge in [-0.3, -0.25) is 0 Å². The highest BCUT2D eigenvalue weighted by molar-refractivity contribution is 5.87. The third-order valence-corrected chi connectivity index (χ3v) is 3.65. The van der Waals surface area contributed by atoms with E-state index in [0.29, 0.717) is 18.8 Å². The predicted octanol–water partition coefficient (Wildman–Crippen LogP) is 1.29. The Morgan fingerprint density at radius 1 is 1.19 bits per heavy atom. The summed E-state index contributed by atoms with van der Waals surface area (Å²) in [5.74, 6) is -0.193. The molecule has 0 radical (unpaired) electrons. The number of carbonyl (C=O) groups is 1. The van der Waals surface area contributed by atoms with Crippen molar-refractivity contribution in [3.63, 3.8) is 0 Å². The van der Waals surface area contributed by atoms with Crippen molar-refractivity contribution in [3.8, 4) is 0 Å². The smallest absolute Gasteiger partial charge is 0.333 e. The summed E-state index contributed by atoms with van der Waals surface area (Å²) in [6.07, 6.45) is -1.45. The van der Waals surface area contributed by atoms with Crippen molar-refractivity contribution >= 4 is 5.97 Å². The number of ether oxygens (including phenoxy) is 5. The predicted molar refractivity (Wildman–Crippen MR) is 74.7 cm³/mol. The second kappa shape index (κ2) is 6.87. The molecule has 2 aliphatic heterocycles. The fraction of sp³-hybridized carbons (Fsp3) is 0.800. The van der Waals surface area contributed by atoms with Crippen LogP contribution in [0.3, 0.4) is 0 Å². The first-order valence-electron chi connectivity index (χ1n) is 7.22. The summed E-state index contributed by atoms with van der Waals surface area (Å²) in [4.78, 5) is 11.6. The van der Waals surface area contributed by atoms with Crippen LogP contribution in [0.2, 0.25) is 0 Å². The van der Waals surface area contributed by atoms with Crippen LogP contribution in [0.15, 0.2) is 12.2 Å². The molecule has 5 unspecified atom stereocenters. The third-order valence-electron chi connectivity index (χ3n) is 3.65. The maximum absolute atomic E-state index is 11.6. The lowest BCUT2D eigenvalue weighted by Crippen LogP contribution is -2.38. The zero-order valence-electron chi connectivity index (χ0n) is 13.0. The first-order valence-corrected chi connectivity index (χ1v) is 7.22. The van der Waals surface area contributed by atoms with Gasteiger partial charge in [0.05, 0.1) is 13.2 Å². The average Bonchev–Trinajstić information content (AvgIpc) is 2.99. The first-order chi connectivity index (χ1) is 9.93. The van der Waals surface area contributed by atoms with Gasteiger partial charge in [-0.25, -0.2) is 4.79 Å². The second-order valence-corrected chi connectivity index (χ2v) is 5.84. The van der Waals surface area contributed by atoms with Crippen molar-refractivity contribution in [1.82, 2.24) is 0 Å². The van der Waals surface area contributed by atoms with Gasteiger partial charge in [0, 0.05) is 18.6 Å². The van der Waals surface area contributed by atoms with Crippen LogP contribution in [0.5, 0.6) is 0 Å². The maximum Gasteiger partial charge on any atom is 0.333 e. The van der Waals surface area contributed by atoms with Crippen LogP contribution in [0.4, 0.5) is 0 Å². The van der Waals surface area contributed by atoms with Crippen molar-refractivity contribution in [2.45, 2.75) is 51.5 Å². The van der Waals surface area contributed by atoms with E-state index in [-0.39, 0.29) is 30.5 Å². The summed E-state index contributed by atoms with van der Waals surface area (Å²) < 4.78 is 28.0. The monoisotopic (exact) mass is 300 g/mol. The lowest BCUT2D eigenvalue weighted by atomic mass is 10.1. The Kier molecular flexibility index (Phi) is 5.37. The fourth-order valence-corrected chi connectivity index (χ4v) is 2.54. The molecule has 21 heavy (non-hydrogen) atoms. The molecule has 2 fully saturated rings. The van der Waals surface area contributed by atoms with Crippen LogP contribution in [0.1, 0.15) is 20.8 Å². The summed E-state index contributed by atoms with van der Waals surface area (Å²) in [5, 5.41) is 0. The SMILES string of the molecule is C=C(C)C(=O)OC1COC2C(OC(OC)C(C)C)COC12.